The Morgan fingerprint density at radius 3 is 2.61 bits per heavy atom. The van der Waals surface area contributed by atoms with Gasteiger partial charge in [0.15, 0.2) is 0 Å². The molecule has 100 valence electrons. The molecular formula is C13H19FN2O2. The third-order valence-corrected chi connectivity index (χ3v) is 2.75. The van der Waals surface area contributed by atoms with Crippen molar-refractivity contribution in [2.45, 2.75) is 19.4 Å². The number of nitrogens with one attached hydrogen (secondary N) is 1. The minimum Gasteiger partial charge on any atom is -0.395 e. The van der Waals surface area contributed by atoms with Crippen molar-refractivity contribution in [2.75, 3.05) is 20.2 Å². The number of likely N-dealkylation sites (N-methyl/N-ethyl adjacent to an activating group) is 1. The number of amides is 2. The van der Waals surface area contributed by atoms with Crippen LogP contribution in [0.2, 0.25) is 0 Å². The monoisotopic (exact) mass is 254 g/mol. The topological polar surface area (TPSA) is 52.6 Å². The molecule has 0 saturated carbocycles. The number of hydrogen-bond donors (Lipinski definition) is 2. The Morgan fingerprint density at radius 2 is 2.06 bits per heavy atom. The maximum atomic E-state index is 13.7. The Kier molecular flexibility index (Phi) is 4.67. The van der Waals surface area contributed by atoms with E-state index in [9.17, 15) is 9.18 Å². The molecule has 0 bridgehead atoms. The third kappa shape index (κ3) is 3.43. The lowest BCUT2D eigenvalue weighted by molar-refractivity contribution is 0.180. The SMILES string of the molecule is CN(CCO)C(=O)NC(C)(C)c1ccccc1F. The van der Waals surface area contributed by atoms with Crippen molar-refractivity contribution in [1.82, 2.24) is 10.2 Å². The van der Waals surface area contributed by atoms with Gasteiger partial charge in [-0.2, -0.15) is 0 Å². The van der Waals surface area contributed by atoms with Crippen LogP contribution in [0, 0.1) is 5.82 Å². The Labute approximate surface area is 106 Å². The molecule has 0 aliphatic rings. The average molecular weight is 254 g/mol. The smallest absolute Gasteiger partial charge is 0.317 e. The van der Waals surface area contributed by atoms with Gasteiger partial charge in [-0.25, -0.2) is 9.18 Å². The predicted molar refractivity (Wildman–Crippen MR) is 67.7 cm³/mol. The molecule has 0 aliphatic carbocycles. The largest absolute Gasteiger partial charge is 0.395 e. The molecule has 0 aliphatic heterocycles. The maximum Gasteiger partial charge on any atom is 0.317 e. The summed E-state index contributed by atoms with van der Waals surface area (Å²) in [7, 11) is 1.57. The minimum absolute atomic E-state index is 0.107. The van der Waals surface area contributed by atoms with Crippen molar-refractivity contribution in [2.24, 2.45) is 0 Å². The van der Waals surface area contributed by atoms with Crippen LogP contribution in [0.15, 0.2) is 24.3 Å². The molecule has 0 unspecified atom stereocenters. The number of halogens is 1. The number of benzene rings is 1. The summed E-state index contributed by atoms with van der Waals surface area (Å²) in [6.45, 7) is 3.59. The second kappa shape index (κ2) is 5.82. The van der Waals surface area contributed by atoms with Gasteiger partial charge in [-0.3, -0.25) is 0 Å². The molecule has 4 nitrogen and oxygen atoms in total. The van der Waals surface area contributed by atoms with E-state index in [-0.39, 0.29) is 25.0 Å². The van der Waals surface area contributed by atoms with Crippen molar-refractivity contribution in [3.63, 3.8) is 0 Å². The van der Waals surface area contributed by atoms with E-state index in [1.54, 1.807) is 39.1 Å². The van der Waals surface area contributed by atoms with Crippen LogP contribution in [0.4, 0.5) is 9.18 Å². The first kappa shape index (κ1) is 14.4. The summed E-state index contributed by atoms with van der Waals surface area (Å²) >= 11 is 0. The molecule has 0 heterocycles. The molecule has 2 amide bonds. The van der Waals surface area contributed by atoms with Gasteiger partial charge in [0.05, 0.1) is 12.1 Å². The molecule has 0 saturated heterocycles. The Bertz CT molecular complexity index is 421. The number of aliphatic hydroxyl groups is 1. The first-order valence-electron chi connectivity index (χ1n) is 5.77. The van der Waals surface area contributed by atoms with Gasteiger partial charge in [0.1, 0.15) is 5.82 Å². The van der Waals surface area contributed by atoms with E-state index in [0.717, 1.165) is 0 Å². The van der Waals surface area contributed by atoms with E-state index < -0.39 is 5.54 Å². The maximum absolute atomic E-state index is 13.7. The van der Waals surface area contributed by atoms with Crippen molar-refractivity contribution in [3.05, 3.63) is 35.6 Å². The number of carbonyl (C=O) groups excluding carboxylic acids is 1. The standard InChI is InChI=1S/C13H19FN2O2/c1-13(2,10-6-4-5-7-11(10)14)15-12(18)16(3)8-9-17/h4-7,17H,8-9H2,1-3H3,(H,15,18). The second-order valence-corrected chi connectivity index (χ2v) is 4.68. The molecule has 0 atom stereocenters. The minimum atomic E-state index is -0.813. The van der Waals surface area contributed by atoms with Crippen molar-refractivity contribution in [1.29, 1.82) is 0 Å². The number of hydrogen-bond acceptors (Lipinski definition) is 2. The van der Waals surface area contributed by atoms with E-state index in [0.29, 0.717) is 5.56 Å². The molecule has 18 heavy (non-hydrogen) atoms. The van der Waals surface area contributed by atoms with Gasteiger partial charge in [-0.15, -0.1) is 0 Å². The summed E-state index contributed by atoms with van der Waals surface area (Å²) < 4.78 is 13.7. The van der Waals surface area contributed by atoms with Gasteiger partial charge in [0.25, 0.3) is 0 Å². The van der Waals surface area contributed by atoms with Gasteiger partial charge in [0.2, 0.25) is 0 Å². The van der Waals surface area contributed by atoms with Crippen LogP contribution in [0.1, 0.15) is 19.4 Å². The zero-order chi connectivity index (χ0) is 13.8. The Hall–Kier alpha value is -1.62. The molecule has 2 N–H and O–H groups in total. The fourth-order valence-electron chi connectivity index (χ4n) is 1.65. The highest BCUT2D eigenvalue weighted by atomic mass is 19.1. The fraction of sp³-hybridized carbons (Fsp3) is 0.462. The van der Waals surface area contributed by atoms with Crippen LogP contribution >= 0.6 is 0 Å². The third-order valence-electron chi connectivity index (χ3n) is 2.75. The lowest BCUT2D eigenvalue weighted by Gasteiger charge is -2.29. The number of rotatable bonds is 4. The lowest BCUT2D eigenvalue weighted by atomic mass is 9.94. The number of urea groups is 1. The van der Waals surface area contributed by atoms with Crippen molar-refractivity contribution >= 4 is 6.03 Å². The highest BCUT2D eigenvalue weighted by molar-refractivity contribution is 5.75. The van der Waals surface area contributed by atoms with Crippen LogP contribution in [0.25, 0.3) is 0 Å². The summed E-state index contributed by atoms with van der Waals surface area (Å²) in [5.41, 5.74) is -0.387. The fourth-order valence-corrected chi connectivity index (χ4v) is 1.65. The molecule has 1 rings (SSSR count). The Balaban J connectivity index is 2.82. The molecule has 0 aromatic heterocycles. The molecule has 0 radical (unpaired) electrons. The van der Waals surface area contributed by atoms with Gasteiger partial charge >= 0.3 is 6.03 Å². The zero-order valence-corrected chi connectivity index (χ0v) is 10.9. The molecule has 1 aromatic carbocycles. The summed E-state index contributed by atoms with van der Waals surface area (Å²) in [5.74, 6) is -0.354. The van der Waals surface area contributed by atoms with Crippen molar-refractivity contribution < 1.29 is 14.3 Å². The summed E-state index contributed by atoms with van der Waals surface area (Å²) in [6.07, 6.45) is 0. The Morgan fingerprint density at radius 1 is 1.44 bits per heavy atom. The van der Waals surface area contributed by atoms with Gasteiger partial charge in [0, 0.05) is 19.2 Å². The van der Waals surface area contributed by atoms with E-state index in [2.05, 4.69) is 5.32 Å². The second-order valence-electron chi connectivity index (χ2n) is 4.68. The number of carbonyl (C=O) groups is 1. The molecule has 1 aromatic rings. The summed E-state index contributed by atoms with van der Waals surface area (Å²) in [5, 5.41) is 11.5. The van der Waals surface area contributed by atoms with Gasteiger partial charge in [-0.05, 0) is 19.9 Å². The normalized spacial score (nSPS) is 11.2. The van der Waals surface area contributed by atoms with E-state index >= 15 is 0 Å². The van der Waals surface area contributed by atoms with E-state index in [4.69, 9.17) is 5.11 Å². The van der Waals surface area contributed by atoms with Gasteiger partial charge < -0.3 is 15.3 Å². The average Bonchev–Trinajstić information content (AvgIpc) is 2.29. The quantitative estimate of drug-likeness (QED) is 0.859. The first-order valence-corrected chi connectivity index (χ1v) is 5.77. The number of nitrogens with zero attached hydrogens (tertiary/aromatic N) is 1. The van der Waals surface area contributed by atoms with E-state index in [1.807, 2.05) is 0 Å². The van der Waals surface area contributed by atoms with Crippen LogP contribution in [0.3, 0.4) is 0 Å². The first-order chi connectivity index (χ1) is 8.38. The van der Waals surface area contributed by atoms with Crippen molar-refractivity contribution in [3.8, 4) is 0 Å². The van der Waals surface area contributed by atoms with Crippen LogP contribution in [0.5, 0.6) is 0 Å². The molecule has 5 heteroatoms. The van der Waals surface area contributed by atoms with E-state index in [1.165, 1.54) is 11.0 Å². The lowest BCUT2D eigenvalue weighted by Crippen LogP contribution is -2.48. The molecule has 0 spiro atoms. The van der Waals surface area contributed by atoms with Crippen LogP contribution in [-0.2, 0) is 5.54 Å². The van der Waals surface area contributed by atoms with Gasteiger partial charge in [-0.1, -0.05) is 18.2 Å². The number of aliphatic hydroxyl groups excluding tert-OH is 1. The summed E-state index contributed by atoms with van der Waals surface area (Å²) in [6, 6.07) is 5.98. The summed E-state index contributed by atoms with van der Waals surface area (Å²) in [4.78, 5) is 13.2. The van der Waals surface area contributed by atoms with Crippen LogP contribution < -0.4 is 5.32 Å². The zero-order valence-electron chi connectivity index (χ0n) is 10.9. The molecular weight excluding hydrogens is 235 g/mol. The van der Waals surface area contributed by atoms with Crippen LogP contribution in [-0.4, -0.2) is 36.2 Å². The highest BCUT2D eigenvalue weighted by Crippen LogP contribution is 2.22. The predicted octanol–water partition coefficient (Wildman–Crippen LogP) is 1.69. The molecule has 0 fully saturated rings. The highest BCUT2D eigenvalue weighted by Gasteiger charge is 2.26.